The van der Waals surface area contributed by atoms with Gasteiger partial charge in [-0.15, -0.1) is 0 Å². The number of benzene rings is 2. The van der Waals surface area contributed by atoms with Crippen LogP contribution < -0.4 is 16.4 Å². The molecule has 0 saturated heterocycles. The van der Waals surface area contributed by atoms with Gasteiger partial charge in [-0.2, -0.15) is 0 Å². The molecular formula is C20H23ClFN3O2. The molecule has 0 aliphatic carbocycles. The molecule has 0 heterocycles. The summed E-state index contributed by atoms with van der Waals surface area (Å²) in [5, 5.41) is 5.56. The van der Waals surface area contributed by atoms with Crippen molar-refractivity contribution in [3.63, 3.8) is 0 Å². The Labute approximate surface area is 163 Å². The molecule has 0 aromatic heterocycles. The van der Waals surface area contributed by atoms with Gasteiger partial charge >= 0.3 is 0 Å². The molecule has 2 aromatic carbocycles. The zero-order chi connectivity index (χ0) is 20.0. The Kier molecular flexibility index (Phi) is 6.93. The molecule has 2 aromatic rings. The van der Waals surface area contributed by atoms with Crippen molar-refractivity contribution in [1.29, 1.82) is 0 Å². The minimum absolute atomic E-state index is 0.0236. The molecular weight excluding hydrogens is 369 g/mol. The van der Waals surface area contributed by atoms with E-state index in [4.69, 9.17) is 17.3 Å². The van der Waals surface area contributed by atoms with Crippen LogP contribution in [0.15, 0.2) is 42.5 Å². The van der Waals surface area contributed by atoms with Crippen molar-refractivity contribution in [3.8, 4) is 0 Å². The second kappa shape index (κ2) is 8.97. The van der Waals surface area contributed by atoms with Gasteiger partial charge < -0.3 is 16.4 Å². The van der Waals surface area contributed by atoms with Crippen molar-refractivity contribution < 1.29 is 14.0 Å². The molecule has 2 rings (SSSR count). The van der Waals surface area contributed by atoms with Crippen molar-refractivity contribution >= 4 is 29.1 Å². The van der Waals surface area contributed by atoms with Crippen LogP contribution in [0.5, 0.6) is 0 Å². The third-order valence-corrected chi connectivity index (χ3v) is 4.48. The minimum Gasteiger partial charge on any atom is -0.348 e. The summed E-state index contributed by atoms with van der Waals surface area (Å²) in [6.07, 6.45) is 1.30. The lowest BCUT2D eigenvalue weighted by molar-refractivity contribution is -0.120. The quantitative estimate of drug-likeness (QED) is 0.670. The first kappa shape index (κ1) is 20.9. The van der Waals surface area contributed by atoms with Gasteiger partial charge in [-0.3, -0.25) is 9.59 Å². The van der Waals surface area contributed by atoms with Crippen LogP contribution in [0.25, 0.3) is 0 Å². The third-order valence-electron chi connectivity index (χ3n) is 4.15. The maximum Gasteiger partial charge on any atom is 0.253 e. The van der Waals surface area contributed by atoms with E-state index < -0.39 is 17.3 Å². The Balaban J connectivity index is 2.11. The number of nitrogens with two attached hydrogens (primary N) is 1. The van der Waals surface area contributed by atoms with E-state index in [-0.39, 0.29) is 23.0 Å². The van der Waals surface area contributed by atoms with Crippen molar-refractivity contribution in [2.24, 2.45) is 5.73 Å². The predicted octanol–water partition coefficient (Wildman–Crippen LogP) is 3.87. The number of anilines is 1. The highest BCUT2D eigenvalue weighted by atomic mass is 35.5. The van der Waals surface area contributed by atoms with Gasteiger partial charge in [0, 0.05) is 17.8 Å². The Morgan fingerprint density at radius 3 is 2.59 bits per heavy atom. The first-order chi connectivity index (χ1) is 12.7. The van der Waals surface area contributed by atoms with Crippen LogP contribution in [0.4, 0.5) is 10.1 Å². The van der Waals surface area contributed by atoms with E-state index in [0.717, 1.165) is 6.42 Å². The van der Waals surface area contributed by atoms with Gasteiger partial charge in [-0.05, 0) is 37.6 Å². The summed E-state index contributed by atoms with van der Waals surface area (Å²) in [7, 11) is 0. The van der Waals surface area contributed by atoms with Crippen LogP contribution in [-0.2, 0) is 11.3 Å². The fourth-order valence-corrected chi connectivity index (χ4v) is 2.80. The number of rotatable bonds is 7. The van der Waals surface area contributed by atoms with Crippen molar-refractivity contribution in [2.45, 2.75) is 38.8 Å². The summed E-state index contributed by atoms with van der Waals surface area (Å²) in [6, 6.07) is 10.8. The number of carbonyl (C=O) groups is 2. The summed E-state index contributed by atoms with van der Waals surface area (Å²) in [4.78, 5) is 24.8. The third kappa shape index (κ3) is 5.52. The Bertz CT molecular complexity index is 840. The maximum absolute atomic E-state index is 13.7. The average Bonchev–Trinajstić information content (AvgIpc) is 2.62. The summed E-state index contributed by atoms with van der Waals surface area (Å²) in [5.41, 5.74) is 5.96. The van der Waals surface area contributed by atoms with Crippen LogP contribution >= 0.6 is 11.6 Å². The van der Waals surface area contributed by atoms with E-state index in [9.17, 15) is 14.0 Å². The number of carbonyl (C=O) groups excluding carboxylic acids is 2. The van der Waals surface area contributed by atoms with Gasteiger partial charge in [0.05, 0.1) is 16.1 Å². The second-order valence-electron chi connectivity index (χ2n) is 6.59. The zero-order valence-corrected chi connectivity index (χ0v) is 16.1. The Morgan fingerprint density at radius 1 is 1.22 bits per heavy atom. The minimum atomic E-state index is -1.01. The molecule has 0 bridgehead atoms. The standard InChI is InChI=1S/C20H23ClFN3O2/c1-3-10-20(2,23)19(27)25-14-8-9-16(21)15(11-14)18(26)24-12-13-6-4-5-7-17(13)22/h4-9,11H,3,10,12,23H2,1-2H3,(H,24,26)(H,25,27). The highest BCUT2D eigenvalue weighted by Gasteiger charge is 2.27. The molecule has 1 atom stereocenters. The van der Waals surface area contributed by atoms with Crippen LogP contribution in [-0.4, -0.2) is 17.4 Å². The average molecular weight is 392 g/mol. The number of halogens is 2. The van der Waals surface area contributed by atoms with Gasteiger partial charge in [-0.1, -0.05) is 43.1 Å². The van der Waals surface area contributed by atoms with Crippen molar-refractivity contribution in [3.05, 3.63) is 64.4 Å². The number of amides is 2. The molecule has 0 aliphatic rings. The van der Waals surface area contributed by atoms with E-state index >= 15 is 0 Å². The smallest absolute Gasteiger partial charge is 0.253 e. The highest BCUT2D eigenvalue weighted by Crippen LogP contribution is 2.22. The molecule has 27 heavy (non-hydrogen) atoms. The summed E-state index contributed by atoms with van der Waals surface area (Å²) < 4.78 is 13.7. The monoisotopic (exact) mass is 391 g/mol. The van der Waals surface area contributed by atoms with Gasteiger partial charge in [0.1, 0.15) is 5.82 Å². The number of hydrogen-bond donors (Lipinski definition) is 3. The van der Waals surface area contributed by atoms with E-state index in [0.29, 0.717) is 17.7 Å². The van der Waals surface area contributed by atoms with E-state index in [1.165, 1.54) is 18.2 Å². The van der Waals surface area contributed by atoms with E-state index in [1.54, 1.807) is 31.2 Å². The highest BCUT2D eigenvalue weighted by molar-refractivity contribution is 6.34. The molecule has 7 heteroatoms. The van der Waals surface area contributed by atoms with Crippen LogP contribution in [0, 0.1) is 5.82 Å². The summed E-state index contributed by atoms with van der Waals surface area (Å²) in [5.74, 6) is -1.21. The molecule has 5 nitrogen and oxygen atoms in total. The van der Waals surface area contributed by atoms with Crippen molar-refractivity contribution in [1.82, 2.24) is 5.32 Å². The molecule has 0 aliphatic heterocycles. The fraction of sp³-hybridized carbons (Fsp3) is 0.300. The molecule has 0 saturated carbocycles. The predicted molar refractivity (Wildman–Crippen MR) is 105 cm³/mol. The Morgan fingerprint density at radius 2 is 1.93 bits per heavy atom. The largest absolute Gasteiger partial charge is 0.348 e. The second-order valence-corrected chi connectivity index (χ2v) is 7.00. The summed E-state index contributed by atoms with van der Waals surface area (Å²) in [6.45, 7) is 3.62. The van der Waals surface area contributed by atoms with Gasteiger partial charge in [-0.25, -0.2) is 4.39 Å². The zero-order valence-electron chi connectivity index (χ0n) is 15.3. The van der Waals surface area contributed by atoms with Crippen LogP contribution in [0.3, 0.4) is 0 Å². The van der Waals surface area contributed by atoms with Gasteiger partial charge in [0.2, 0.25) is 5.91 Å². The molecule has 0 spiro atoms. The van der Waals surface area contributed by atoms with Gasteiger partial charge in [0.15, 0.2) is 0 Å². The van der Waals surface area contributed by atoms with Crippen LogP contribution in [0.2, 0.25) is 5.02 Å². The van der Waals surface area contributed by atoms with E-state index in [2.05, 4.69) is 10.6 Å². The normalized spacial score (nSPS) is 12.9. The SMILES string of the molecule is CCCC(C)(N)C(=O)Nc1ccc(Cl)c(C(=O)NCc2ccccc2F)c1. The first-order valence-corrected chi connectivity index (χ1v) is 9.04. The van der Waals surface area contributed by atoms with Crippen LogP contribution in [0.1, 0.15) is 42.6 Å². The lowest BCUT2D eigenvalue weighted by Gasteiger charge is -2.23. The molecule has 0 fully saturated rings. The number of hydrogen-bond acceptors (Lipinski definition) is 3. The summed E-state index contributed by atoms with van der Waals surface area (Å²) >= 11 is 6.11. The molecule has 1 unspecified atom stereocenters. The molecule has 4 N–H and O–H groups in total. The van der Waals surface area contributed by atoms with E-state index in [1.807, 2.05) is 6.92 Å². The molecule has 0 radical (unpaired) electrons. The number of nitrogens with one attached hydrogen (secondary N) is 2. The fourth-order valence-electron chi connectivity index (χ4n) is 2.60. The molecule has 144 valence electrons. The lowest BCUT2D eigenvalue weighted by atomic mass is 9.96. The maximum atomic E-state index is 13.7. The lowest BCUT2D eigenvalue weighted by Crippen LogP contribution is -2.48. The molecule has 2 amide bonds. The Hall–Kier alpha value is -2.44. The first-order valence-electron chi connectivity index (χ1n) is 8.66. The van der Waals surface area contributed by atoms with Crippen molar-refractivity contribution in [2.75, 3.05) is 5.32 Å². The van der Waals surface area contributed by atoms with Gasteiger partial charge in [0.25, 0.3) is 5.91 Å². The topological polar surface area (TPSA) is 84.2 Å².